The van der Waals surface area contributed by atoms with Crippen LogP contribution in [0, 0.1) is 5.82 Å². The molecule has 0 saturated heterocycles. The van der Waals surface area contributed by atoms with Crippen molar-refractivity contribution in [3.63, 3.8) is 0 Å². The first kappa shape index (κ1) is 17.2. The van der Waals surface area contributed by atoms with Gasteiger partial charge in [0.2, 0.25) is 0 Å². The second-order valence-corrected chi connectivity index (χ2v) is 6.26. The molecule has 1 fully saturated rings. The summed E-state index contributed by atoms with van der Waals surface area (Å²) in [4.78, 5) is 23.9. The number of hydrogen-bond donors (Lipinski definition) is 2. The lowest BCUT2D eigenvalue weighted by molar-refractivity contribution is 0.0600. The smallest absolute Gasteiger partial charge is 0.337 e. The van der Waals surface area contributed by atoms with E-state index in [0.29, 0.717) is 10.7 Å². The summed E-state index contributed by atoms with van der Waals surface area (Å²) in [6.07, 6.45) is 1.53. The van der Waals surface area contributed by atoms with Crippen molar-refractivity contribution in [3.8, 4) is 0 Å². The van der Waals surface area contributed by atoms with Gasteiger partial charge in [-0.3, -0.25) is 0 Å². The zero-order valence-electron chi connectivity index (χ0n) is 13.4. The van der Waals surface area contributed by atoms with E-state index in [1.165, 1.54) is 37.4 Å². The standard InChI is InChI=1S/C18H16ClFN2O3/c1-25-16(23)11-2-7-14(19)15(10-11)21-17(24)22-18(8-9-18)12-3-5-13(20)6-4-12/h2-7,10H,8-9H2,1H3,(H2,21,22,24). The average molecular weight is 363 g/mol. The summed E-state index contributed by atoms with van der Waals surface area (Å²) in [6, 6.07) is 10.1. The van der Waals surface area contributed by atoms with Gasteiger partial charge in [0.1, 0.15) is 5.82 Å². The fourth-order valence-corrected chi connectivity index (χ4v) is 2.78. The molecule has 25 heavy (non-hydrogen) atoms. The van der Waals surface area contributed by atoms with E-state index in [4.69, 9.17) is 11.6 Å². The number of nitrogens with one attached hydrogen (secondary N) is 2. The highest BCUT2D eigenvalue weighted by Crippen LogP contribution is 2.45. The van der Waals surface area contributed by atoms with E-state index in [1.54, 1.807) is 12.1 Å². The molecule has 0 heterocycles. The van der Waals surface area contributed by atoms with E-state index in [2.05, 4.69) is 15.4 Å². The van der Waals surface area contributed by atoms with Gasteiger partial charge >= 0.3 is 12.0 Å². The summed E-state index contributed by atoms with van der Waals surface area (Å²) in [7, 11) is 1.27. The third-order valence-corrected chi connectivity index (χ3v) is 4.46. The van der Waals surface area contributed by atoms with Gasteiger partial charge in [0, 0.05) is 0 Å². The molecule has 0 aliphatic heterocycles. The Morgan fingerprint density at radius 3 is 2.44 bits per heavy atom. The van der Waals surface area contributed by atoms with Crippen molar-refractivity contribution in [1.29, 1.82) is 0 Å². The first-order valence-electron chi connectivity index (χ1n) is 7.67. The molecule has 0 bridgehead atoms. The molecule has 1 aliphatic carbocycles. The van der Waals surface area contributed by atoms with Crippen molar-refractivity contribution in [2.45, 2.75) is 18.4 Å². The van der Waals surface area contributed by atoms with E-state index in [9.17, 15) is 14.0 Å². The van der Waals surface area contributed by atoms with Crippen LogP contribution in [0.4, 0.5) is 14.9 Å². The maximum Gasteiger partial charge on any atom is 0.337 e. The molecule has 7 heteroatoms. The molecule has 3 rings (SSSR count). The van der Waals surface area contributed by atoms with Crippen molar-refractivity contribution >= 4 is 29.3 Å². The van der Waals surface area contributed by atoms with Gasteiger partial charge in [-0.2, -0.15) is 0 Å². The van der Waals surface area contributed by atoms with Crippen LogP contribution in [0.2, 0.25) is 5.02 Å². The van der Waals surface area contributed by atoms with Gasteiger partial charge in [-0.25, -0.2) is 14.0 Å². The van der Waals surface area contributed by atoms with Crippen molar-refractivity contribution in [2.75, 3.05) is 12.4 Å². The fraction of sp³-hybridized carbons (Fsp3) is 0.222. The van der Waals surface area contributed by atoms with Crippen LogP contribution in [-0.2, 0) is 10.3 Å². The summed E-state index contributed by atoms with van der Waals surface area (Å²) in [5, 5.41) is 5.84. The second-order valence-electron chi connectivity index (χ2n) is 5.85. The molecule has 2 aromatic rings. The van der Waals surface area contributed by atoms with Crippen LogP contribution in [0.1, 0.15) is 28.8 Å². The quantitative estimate of drug-likeness (QED) is 0.805. The molecule has 0 spiro atoms. The van der Waals surface area contributed by atoms with Gasteiger partial charge in [0.25, 0.3) is 0 Å². The number of benzene rings is 2. The Balaban J connectivity index is 1.73. The number of carbonyl (C=O) groups excluding carboxylic acids is 2. The highest BCUT2D eigenvalue weighted by molar-refractivity contribution is 6.33. The lowest BCUT2D eigenvalue weighted by atomic mass is 10.1. The Hall–Kier alpha value is -2.60. The van der Waals surface area contributed by atoms with Crippen LogP contribution in [0.15, 0.2) is 42.5 Å². The Bertz CT molecular complexity index is 820. The summed E-state index contributed by atoms with van der Waals surface area (Å²) in [6.45, 7) is 0. The number of methoxy groups -OCH3 is 1. The predicted octanol–water partition coefficient (Wildman–Crippen LogP) is 4.08. The molecule has 2 amide bonds. The van der Waals surface area contributed by atoms with E-state index < -0.39 is 17.5 Å². The molecule has 0 unspecified atom stereocenters. The normalized spacial score (nSPS) is 14.5. The van der Waals surface area contributed by atoms with Crippen LogP contribution in [0.5, 0.6) is 0 Å². The van der Waals surface area contributed by atoms with Gasteiger partial charge in [-0.1, -0.05) is 23.7 Å². The zero-order chi connectivity index (χ0) is 18.0. The molecule has 0 radical (unpaired) electrons. The monoisotopic (exact) mass is 362 g/mol. The topological polar surface area (TPSA) is 67.4 Å². The van der Waals surface area contributed by atoms with Crippen LogP contribution >= 0.6 is 11.6 Å². The average Bonchev–Trinajstić information content (AvgIpc) is 3.37. The molecular formula is C18H16ClFN2O3. The highest BCUT2D eigenvalue weighted by atomic mass is 35.5. The van der Waals surface area contributed by atoms with Crippen molar-refractivity contribution < 1.29 is 18.7 Å². The Kier molecular flexibility index (Phi) is 4.63. The molecular weight excluding hydrogens is 347 g/mol. The van der Waals surface area contributed by atoms with E-state index in [1.807, 2.05) is 0 Å². The molecule has 1 saturated carbocycles. The summed E-state index contributed by atoms with van der Waals surface area (Å²) < 4.78 is 17.7. The maximum absolute atomic E-state index is 13.1. The number of amides is 2. The van der Waals surface area contributed by atoms with E-state index >= 15 is 0 Å². The number of carbonyl (C=O) groups is 2. The number of anilines is 1. The molecule has 1 aliphatic rings. The van der Waals surface area contributed by atoms with Crippen molar-refractivity contribution in [1.82, 2.24) is 5.32 Å². The van der Waals surface area contributed by atoms with Crippen LogP contribution in [0.3, 0.4) is 0 Å². The SMILES string of the molecule is COC(=O)c1ccc(Cl)c(NC(=O)NC2(c3ccc(F)cc3)CC2)c1. The van der Waals surface area contributed by atoms with Gasteiger partial charge in [0.05, 0.1) is 28.9 Å². The first-order chi connectivity index (χ1) is 11.9. The highest BCUT2D eigenvalue weighted by Gasteiger charge is 2.45. The molecule has 130 valence electrons. The molecule has 5 nitrogen and oxygen atoms in total. The van der Waals surface area contributed by atoms with Gasteiger partial charge < -0.3 is 15.4 Å². The Morgan fingerprint density at radius 1 is 1.16 bits per heavy atom. The molecule has 0 aromatic heterocycles. The van der Waals surface area contributed by atoms with Crippen LogP contribution in [-0.4, -0.2) is 19.1 Å². The van der Waals surface area contributed by atoms with Crippen molar-refractivity contribution in [3.05, 3.63) is 64.4 Å². The summed E-state index contributed by atoms with van der Waals surface area (Å²) >= 11 is 6.07. The fourth-order valence-electron chi connectivity index (χ4n) is 2.62. The third-order valence-electron chi connectivity index (χ3n) is 4.14. The largest absolute Gasteiger partial charge is 0.465 e. The van der Waals surface area contributed by atoms with Crippen LogP contribution in [0.25, 0.3) is 0 Å². The van der Waals surface area contributed by atoms with Crippen molar-refractivity contribution in [2.24, 2.45) is 0 Å². The molecule has 0 atom stereocenters. The lowest BCUT2D eigenvalue weighted by Crippen LogP contribution is -2.38. The van der Waals surface area contributed by atoms with Crippen LogP contribution < -0.4 is 10.6 Å². The zero-order valence-corrected chi connectivity index (χ0v) is 14.2. The number of esters is 1. The van der Waals surface area contributed by atoms with Gasteiger partial charge in [-0.05, 0) is 48.7 Å². The number of rotatable bonds is 4. The number of urea groups is 1. The van der Waals surface area contributed by atoms with E-state index in [0.717, 1.165) is 18.4 Å². The number of hydrogen-bond acceptors (Lipinski definition) is 3. The van der Waals surface area contributed by atoms with Gasteiger partial charge in [-0.15, -0.1) is 0 Å². The van der Waals surface area contributed by atoms with E-state index in [-0.39, 0.29) is 11.4 Å². The number of halogens is 2. The second kappa shape index (κ2) is 6.72. The summed E-state index contributed by atoms with van der Waals surface area (Å²) in [5.74, 6) is -0.847. The lowest BCUT2D eigenvalue weighted by Gasteiger charge is -2.19. The minimum Gasteiger partial charge on any atom is -0.465 e. The maximum atomic E-state index is 13.1. The Labute approximate surface area is 149 Å². The number of ether oxygens (including phenoxy) is 1. The summed E-state index contributed by atoms with van der Waals surface area (Å²) in [5.41, 5.74) is 0.932. The molecule has 2 aromatic carbocycles. The third kappa shape index (κ3) is 3.74. The Morgan fingerprint density at radius 2 is 1.84 bits per heavy atom. The minimum atomic E-state index is -0.523. The molecule has 2 N–H and O–H groups in total. The van der Waals surface area contributed by atoms with Gasteiger partial charge in [0.15, 0.2) is 0 Å². The predicted molar refractivity (Wildman–Crippen MR) is 92.3 cm³/mol. The minimum absolute atomic E-state index is 0.280. The first-order valence-corrected chi connectivity index (χ1v) is 8.04.